The first-order valence-electron chi connectivity index (χ1n) is 4.27. The molecule has 0 saturated carbocycles. The highest BCUT2D eigenvalue weighted by Gasteiger charge is 2.22. The quantitative estimate of drug-likeness (QED) is 0.789. The van der Waals surface area contributed by atoms with Crippen LogP contribution < -0.4 is 4.74 Å². The minimum Gasteiger partial charge on any atom is -0.483 e. The molecule has 0 unspecified atom stereocenters. The van der Waals surface area contributed by atoms with Gasteiger partial charge in [-0.05, 0) is 6.07 Å². The number of rotatable bonds is 4. The van der Waals surface area contributed by atoms with Crippen molar-refractivity contribution in [3.8, 4) is 5.75 Å². The monoisotopic (exact) mass is 336 g/mol. The molecule has 0 aromatic heterocycles. The third-order valence-electron chi connectivity index (χ3n) is 1.71. The van der Waals surface area contributed by atoms with Gasteiger partial charge in [0.1, 0.15) is 17.3 Å². The Hall–Kier alpha value is -0.560. The van der Waals surface area contributed by atoms with E-state index in [0.29, 0.717) is 12.1 Å². The molecule has 0 spiro atoms. The number of ether oxygens (including phenoxy) is 1. The Kier molecular flexibility index (Phi) is 5.21. The van der Waals surface area contributed by atoms with Gasteiger partial charge in [-0.1, -0.05) is 23.2 Å². The molecule has 0 aliphatic heterocycles. The summed E-state index contributed by atoms with van der Waals surface area (Å²) in [6, 6.07) is 0.998. The van der Waals surface area contributed by atoms with E-state index in [1.807, 2.05) is 0 Å². The Morgan fingerprint density at radius 3 is 2.50 bits per heavy atom. The van der Waals surface area contributed by atoms with Crippen LogP contribution in [0.15, 0.2) is 27.6 Å². The van der Waals surface area contributed by atoms with Gasteiger partial charge in [-0.3, -0.25) is 0 Å². The van der Waals surface area contributed by atoms with E-state index in [4.69, 9.17) is 38.6 Å². The Morgan fingerprint density at radius 1 is 1.39 bits per heavy atom. The van der Waals surface area contributed by atoms with Crippen LogP contribution in [0.1, 0.15) is 0 Å². The summed E-state index contributed by atoms with van der Waals surface area (Å²) in [6.07, 6.45) is 0. The number of benzene rings is 1. The van der Waals surface area contributed by atoms with Gasteiger partial charge in [0, 0.05) is 22.3 Å². The van der Waals surface area contributed by atoms with Crippen LogP contribution in [0.5, 0.6) is 5.75 Å². The van der Waals surface area contributed by atoms with Gasteiger partial charge in [0.15, 0.2) is 11.6 Å². The molecule has 1 aromatic carbocycles. The summed E-state index contributed by atoms with van der Waals surface area (Å²) in [4.78, 5) is -0.819. The zero-order chi connectivity index (χ0) is 13.9. The van der Waals surface area contributed by atoms with Crippen molar-refractivity contribution in [1.29, 1.82) is 0 Å². The van der Waals surface area contributed by atoms with Crippen LogP contribution in [-0.2, 0) is 9.05 Å². The van der Waals surface area contributed by atoms with Gasteiger partial charge in [0.05, 0.1) is 5.03 Å². The van der Waals surface area contributed by atoms with E-state index in [2.05, 4.69) is 0 Å². The maximum absolute atomic E-state index is 13.4. The summed E-state index contributed by atoms with van der Waals surface area (Å²) in [5.41, 5.74) is 0.956. The fourth-order valence-corrected chi connectivity index (χ4v) is 2.12. The van der Waals surface area contributed by atoms with Crippen molar-refractivity contribution in [3.05, 3.63) is 34.3 Å². The van der Waals surface area contributed by atoms with Crippen molar-refractivity contribution >= 4 is 42.9 Å². The van der Waals surface area contributed by atoms with Gasteiger partial charge in [0.2, 0.25) is 0 Å². The molecule has 0 bridgehead atoms. The highest BCUT2D eigenvalue weighted by atomic mass is 35.7. The zero-order valence-corrected chi connectivity index (χ0v) is 11.5. The molecule has 0 saturated heterocycles. The molecule has 3 nitrogen and oxygen atoms in total. The maximum Gasteiger partial charge on any atom is 0.265 e. The van der Waals surface area contributed by atoms with E-state index in [9.17, 15) is 17.2 Å². The predicted molar refractivity (Wildman–Crippen MR) is 64.7 cm³/mol. The molecule has 0 amide bonds. The third-order valence-corrected chi connectivity index (χ3v) is 3.63. The van der Waals surface area contributed by atoms with Crippen molar-refractivity contribution in [2.45, 2.75) is 4.90 Å². The number of hydrogen-bond acceptors (Lipinski definition) is 3. The van der Waals surface area contributed by atoms with Crippen molar-refractivity contribution in [3.63, 3.8) is 0 Å². The molecule has 0 radical (unpaired) electrons. The third kappa shape index (κ3) is 3.98. The topological polar surface area (TPSA) is 43.4 Å². The van der Waals surface area contributed by atoms with Gasteiger partial charge >= 0.3 is 0 Å². The second-order valence-corrected chi connectivity index (χ2v) is 6.24. The first-order valence-corrected chi connectivity index (χ1v) is 7.39. The summed E-state index contributed by atoms with van der Waals surface area (Å²) in [6.45, 7) is -0.382. The molecule has 0 aliphatic rings. The minimum absolute atomic E-state index is 0.00156. The van der Waals surface area contributed by atoms with E-state index in [1.165, 1.54) is 0 Å². The molecular weight excluding hydrogens is 333 g/mol. The molecular formula is C9H5Cl3F2O3S. The Balaban J connectivity index is 3.25. The van der Waals surface area contributed by atoms with E-state index in [0.717, 1.165) is 5.54 Å². The highest BCUT2D eigenvalue weighted by molar-refractivity contribution is 8.13. The molecule has 1 rings (SSSR count). The van der Waals surface area contributed by atoms with Crippen molar-refractivity contribution < 1.29 is 21.9 Å². The summed E-state index contributed by atoms with van der Waals surface area (Å²) < 4.78 is 53.5. The van der Waals surface area contributed by atoms with E-state index in [1.54, 1.807) is 0 Å². The SMILES string of the molecule is O=S(=O)(Cl)c1cc(F)cc(F)c1OC/C(Cl)=C/Cl. The van der Waals surface area contributed by atoms with Crippen LogP contribution in [0.25, 0.3) is 0 Å². The van der Waals surface area contributed by atoms with E-state index in [-0.39, 0.29) is 11.6 Å². The molecule has 0 N–H and O–H groups in total. The van der Waals surface area contributed by atoms with Crippen molar-refractivity contribution in [2.75, 3.05) is 6.61 Å². The molecule has 9 heteroatoms. The highest BCUT2D eigenvalue weighted by Crippen LogP contribution is 2.31. The Morgan fingerprint density at radius 2 is 2.00 bits per heavy atom. The molecule has 1 aromatic rings. The van der Waals surface area contributed by atoms with Crippen LogP contribution in [0, 0.1) is 11.6 Å². The lowest BCUT2D eigenvalue weighted by atomic mass is 10.3. The lowest BCUT2D eigenvalue weighted by Crippen LogP contribution is -2.05. The first kappa shape index (κ1) is 15.5. The average molecular weight is 338 g/mol. The largest absolute Gasteiger partial charge is 0.483 e. The maximum atomic E-state index is 13.4. The van der Waals surface area contributed by atoms with Gasteiger partial charge in [-0.2, -0.15) is 0 Å². The normalized spacial score (nSPS) is 12.6. The second kappa shape index (κ2) is 6.06. The summed E-state index contributed by atoms with van der Waals surface area (Å²) in [7, 11) is 0.681. The molecule has 100 valence electrons. The fraction of sp³-hybridized carbons (Fsp3) is 0.111. The molecule has 0 aliphatic carbocycles. The van der Waals surface area contributed by atoms with Crippen LogP contribution in [0.3, 0.4) is 0 Å². The Labute approximate surface area is 116 Å². The van der Waals surface area contributed by atoms with Gasteiger partial charge in [0.25, 0.3) is 9.05 Å². The van der Waals surface area contributed by atoms with Gasteiger partial charge in [-0.15, -0.1) is 0 Å². The number of hydrogen-bond donors (Lipinski definition) is 0. The summed E-state index contributed by atoms with van der Waals surface area (Å²) in [5.74, 6) is -3.03. The van der Waals surface area contributed by atoms with Crippen LogP contribution in [0.2, 0.25) is 0 Å². The molecule has 0 atom stereocenters. The zero-order valence-electron chi connectivity index (χ0n) is 8.46. The van der Waals surface area contributed by atoms with Crippen LogP contribution in [-0.4, -0.2) is 15.0 Å². The second-order valence-electron chi connectivity index (χ2n) is 3.00. The van der Waals surface area contributed by atoms with Crippen LogP contribution in [0.4, 0.5) is 8.78 Å². The van der Waals surface area contributed by atoms with E-state index >= 15 is 0 Å². The molecule has 18 heavy (non-hydrogen) atoms. The lowest BCUT2D eigenvalue weighted by Gasteiger charge is -2.10. The predicted octanol–water partition coefficient (Wildman–Crippen LogP) is 3.59. The average Bonchev–Trinajstić information content (AvgIpc) is 2.25. The molecule has 0 heterocycles. The lowest BCUT2D eigenvalue weighted by molar-refractivity contribution is 0.326. The molecule has 0 fully saturated rings. The Bertz CT molecular complexity index is 587. The smallest absolute Gasteiger partial charge is 0.265 e. The van der Waals surface area contributed by atoms with Gasteiger partial charge in [-0.25, -0.2) is 17.2 Å². The summed E-state index contributed by atoms with van der Waals surface area (Å²) >= 11 is 10.7. The first-order chi connectivity index (χ1) is 8.25. The summed E-state index contributed by atoms with van der Waals surface area (Å²) in [5, 5.41) is -0.00156. The van der Waals surface area contributed by atoms with Crippen molar-refractivity contribution in [1.82, 2.24) is 0 Å². The number of halogens is 5. The van der Waals surface area contributed by atoms with Crippen LogP contribution >= 0.6 is 33.9 Å². The van der Waals surface area contributed by atoms with E-state index < -0.39 is 31.3 Å². The van der Waals surface area contributed by atoms with Crippen molar-refractivity contribution in [2.24, 2.45) is 0 Å². The van der Waals surface area contributed by atoms with Gasteiger partial charge < -0.3 is 4.74 Å². The standard InChI is InChI=1S/C9H5Cl3F2O3S/c10-3-5(11)4-17-9-7(14)1-6(13)2-8(9)18(12,15)16/h1-3H,4H2/b5-3-. The minimum atomic E-state index is -4.36. The fourth-order valence-electron chi connectivity index (χ4n) is 1.03.